The number of aromatic nitrogens is 1. The van der Waals surface area contributed by atoms with Crippen LogP contribution in [0.4, 0.5) is 5.69 Å². The van der Waals surface area contributed by atoms with E-state index in [1.165, 1.54) is 47.7 Å². The molecule has 170 valence electrons. The van der Waals surface area contributed by atoms with Crippen molar-refractivity contribution in [3.8, 4) is 0 Å². The van der Waals surface area contributed by atoms with Gasteiger partial charge in [0.15, 0.2) is 14.6 Å². The number of nitro benzene ring substituents is 1. The van der Waals surface area contributed by atoms with E-state index in [-0.39, 0.29) is 17.0 Å². The van der Waals surface area contributed by atoms with E-state index in [0.29, 0.717) is 39.8 Å². The first-order chi connectivity index (χ1) is 15.2. The fourth-order valence-electron chi connectivity index (χ4n) is 2.92. The van der Waals surface area contributed by atoms with Gasteiger partial charge in [-0.2, -0.15) is 4.99 Å². The van der Waals surface area contributed by atoms with E-state index in [2.05, 4.69) is 4.99 Å². The Morgan fingerprint density at radius 1 is 1.25 bits per heavy atom. The monoisotopic (exact) mass is 497 g/mol. The Bertz CT molecular complexity index is 1310. The standard InChI is InChI=1S/C20H20ClN3O6S2/c1-2-30-11-10-23-17-13-15(24(26)27)5-8-18(17)31-20(23)22-19(25)9-12-32(28,29)16-6-3-14(21)4-7-16/h3-8,13H,2,9-12H2,1H3. The number of thiazole rings is 1. The minimum Gasteiger partial charge on any atom is -0.380 e. The van der Waals surface area contributed by atoms with E-state index in [0.717, 1.165) is 0 Å². The van der Waals surface area contributed by atoms with Gasteiger partial charge < -0.3 is 9.30 Å². The second kappa shape index (κ2) is 10.3. The van der Waals surface area contributed by atoms with E-state index in [1.54, 1.807) is 10.6 Å². The van der Waals surface area contributed by atoms with Gasteiger partial charge in [0, 0.05) is 36.7 Å². The van der Waals surface area contributed by atoms with Crippen LogP contribution in [0.5, 0.6) is 0 Å². The summed E-state index contributed by atoms with van der Waals surface area (Å²) < 4.78 is 32.7. The zero-order valence-corrected chi connectivity index (χ0v) is 19.5. The molecule has 0 unspecified atom stereocenters. The number of sulfone groups is 1. The zero-order chi connectivity index (χ0) is 23.3. The van der Waals surface area contributed by atoms with Crippen LogP contribution in [0.1, 0.15) is 13.3 Å². The number of amides is 1. The molecule has 1 amide bonds. The lowest BCUT2D eigenvalue weighted by molar-refractivity contribution is -0.384. The zero-order valence-electron chi connectivity index (χ0n) is 17.1. The van der Waals surface area contributed by atoms with Gasteiger partial charge in [0.25, 0.3) is 5.69 Å². The Hall–Kier alpha value is -2.60. The topological polar surface area (TPSA) is 121 Å². The summed E-state index contributed by atoms with van der Waals surface area (Å²) in [6.07, 6.45) is -0.301. The van der Waals surface area contributed by atoms with Crippen LogP contribution in [-0.4, -0.2) is 42.8 Å². The van der Waals surface area contributed by atoms with Gasteiger partial charge in [0.2, 0.25) is 5.91 Å². The predicted molar refractivity (Wildman–Crippen MR) is 122 cm³/mol. The molecule has 0 aliphatic rings. The summed E-state index contributed by atoms with van der Waals surface area (Å²) in [6.45, 7) is 3.01. The lowest BCUT2D eigenvalue weighted by atomic mass is 10.3. The smallest absolute Gasteiger partial charge is 0.271 e. The van der Waals surface area contributed by atoms with Crippen molar-refractivity contribution in [1.29, 1.82) is 0 Å². The highest BCUT2D eigenvalue weighted by atomic mass is 35.5. The van der Waals surface area contributed by atoms with Crippen molar-refractivity contribution in [3.63, 3.8) is 0 Å². The third-order valence-electron chi connectivity index (χ3n) is 4.52. The highest BCUT2D eigenvalue weighted by molar-refractivity contribution is 7.91. The summed E-state index contributed by atoms with van der Waals surface area (Å²) in [7, 11) is -3.67. The molecule has 12 heteroatoms. The Morgan fingerprint density at radius 2 is 1.97 bits per heavy atom. The van der Waals surface area contributed by atoms with Gasteiger partial charge in [-0.1, -0.05) is 22.9 Å². The van der Waals surface area contributed by atoms with Crippen molar-refractivity contribution in [3.05, 3.63) is 62.4 Å². The molecule has 0 aliphatic heterocycles. The number of rotatable bonds is 9. The fraction of sp³-hybridized carbons (Fsp3) is 0.300. The van der Waals surface area contributed by atoms with Gasteiger partial charge in [-0.15, -0.1) is 0 Å². The Kier molecular flexibility index (Phi) is 7.77. The van der Waals surface area contributed by atoms with Crippen LogP contribution >= 0.6 is 22.9 Å². The van der Waals surface area contributed by atoms with Gasteiger partial charge in [-0.05, 0) is 37.3 Å². The summed E-state index contributed by atoms with van der Waals surface area (Å²) >= 11 is 6.98. The summed E-state index contributed by atoms with van der Waals surface area (Å²) in [5.74, 6) is -1.000. The molecule has 32 heavy (non-hydrogen) atoms. The van der Waals surface area contributed by atoms with E-state index >= 15 is 0 Å². The normalized spacial score (nSPS) is 12.4. The molecule has 0 spiro atoms. The second-order valence-electron chi connectivity index (χ2n) is 6.67. The molecule has 1 heterocycles. The SMILES string of the molecule is CCOCCn1c(=NC(=O)CCS(=O)(=O)c2ccc(Cl)cc2)sc2ccc([N+](=O)[O-])cc21. The predicted octanol–water partition coefficient (Wildman–Crippen LogP) is 3.59. The highest BCUT2D eigenvalue weighted by Crippen LogP contribution is 2.23. The molecule has 0 atom stereocenters. The molecule has 1 aromatic heterocycles. The minimum atomic E-state index is -3.67. The average molecular weight is 498 g/mol. The van der Waals surface area contributed by atoms with Crippen molar-refractivity contribution >= 4 is 54.6 Å². The Balaban J connectivity index is 1.88. The van der Waals surface area contributed by atoms with Crippen molar-refractivity contribution in [2.75, 3.05) is 19.0 Å². The lowest BCUT2D eigenvalue weighted by Gasteiger charge is -2.05. The number of hydrogen-bond donors (Lipinski definition) is 0. The van der Waals surface area contributed by atoms with Gasteiger partial charge in [-0.25, -0.2) is 8.42 Å². The lowest BCUT2D eigenvalue weighted by Crippen LogP contribution is -2.20. The number of ether oxygens (including phenoxy) is 1. The third kappa shape index (κ3) is 5.80. The number of carbonyl (C=O) groups excluding carboxylic acids is 1. The molecule has 0 bridgehead atoms. The summed E-state index contributed by atoms with van der Waals surface area (Å²) in [4.78, 5) is 27.6. The maximum atomic E-state index is 12.5. The molecule has 3 rings (SSSR count). The Labute approximate surface area is 193 Å². The largest absolute Gasteiger partial charge is 0.380 e. The van der Waals surface area contributed by atoms with Crippen molar-refractivity contribution in [2.45, 2.75) is 24.8 Å². The molecule has 0 fully saturated rings. The molecule has 0 saturated carbocycles. The number of hydrogen-bond acceptors (Lipinski definition) is 7. The average Bonchev–Trinajstić information content (AvgIpc) is 3.09. The van der Waals surface area contributed by atoms with Crippen LogP contribution in [-0.2, 0) is 25.9 Å². The van der Waals surface area contributed by atoms with Gasteiger partial charge >= 0.3 is 0 Å². The van der Waals surface area contributed by atoms with Crippen LogP contribution in [0.15, 0.2) is 52.4 Å². The molecular formula is C20H20ClN3O6S2. The van der Waals surface area contributed by atoms with Gasteiger partial charge in [0.05, 0.1) is 32.4 Å². The van der Waals surface area contributed by atoms with Gasteiger partial charge in [0.1, 0.15) is 0 Å². The van der Waals surface area contributed by atoms with E-state index in [9.17, 15) is 23.3 Å². The van der Waals surface area contributed by atoms with E-state index in [4.69, 9.17) is 16.3 Å². The molecular weight excluding hydrogens is 478 g/mol. The van der Waals surface area contributed by atoms with Gasteiger partial charge in [-0.3, -0.25) is 14.9 Å². The first-order valence-electron chi connectivity index (χ1n) is 9.62. The number of halogens is 1. The van der Waals surface area contributed by atoms with Crippen molar-refractivity contribution in [2.24, 2.45) is 4.99 Å². The first kappa shape index (κ1) is 24.1. The van der Waals surface area contributed by atoms with Crippen molar-refractivity contribution in [1.82, 2.24) is 4.57 Å². The highest BCUT2D eigenvalue weighted by Gasteiger charge is 2.17. The third-order valence-corrected chi connectivity index (χ3v) is 7.56. The molecule has 2 aromatic carbocycles. The first-order valence-corrected chi connectivity index (χ1v) is 12.5. The molecule has 0 aliphatic carbocycles. The number of benzene rings is 2. The van der Waals surface area contributed by atoms with E-state index in [1.807, 2.05) is 6.92 Å². The Morgan fingerprint density at radius 3 is 2.62 bits per heavy atom. The summed E-state index contributed by atoms with van der Waals surface area (Å²) in [5, 5.41) is 11.6. The van der Waals surface area contributed by atoms with Crippen LogP contribution in [0.3, 0.4) is 0 Å². The maximum absolute atomic E-state index is 12.5. The minimum absolute atomic E-state index is 0.0765. The molecule has 0 N–H and O–H groups in total. The molecule has 0 saturated heterocycles. The second-order valence-corrected chi connectivity index (χ2v) is 10.2. The maximum Gasteiger partial charge on any atom is 0.271 e. The van der Waals surface area contributed by atoms with Crippen molar-refractivity contribution < 1.29 is 22.9 Å². The van der Waals surface area contributed by atoms with Crippen LogP contribution in [0.2, 0.25) is 5.02 Å². The molecule has 3 aromatic rings. The van der Waals surface area contributed by atoms with Crippen LogP contribution in [0, 0.1) is 10.1 Å². The fourth-order valence-corrected chi connectivity index (χ4v) is 5.33. The summed E-state index contributed by atoms with van der Waals surface area (Å²) in [5.41, 5.74) is 0.483. The number of nitrogens with zero attached hydrogens (tertiary/aromatic N) is 3. The molecule has 0 radical (unpaired) electrons. The molecule has 9 nitrogen and oxygen atoms in total. The van der Waals surface area contributed by atoms with E-state index < -0.39 is 26.4 Å². The number of nitro groups is 1. The van der Waals surface area contributed by atoms with Crippen LogP contribution in [0.25, 0.3) is 10.2 Å². The number of fused-ring (bicyclic) bond motifs is 1. The number of non-ortho nitro benzene ring substituents is 1. The number of carbonyl (C=O) groups is 1. The summed E-state index contributed by atoms with van der Waals surface area (Å²) in [6, 6.07) is 10.1. The quantitative estimate of drug-likeness (QED) is 0.253. The van der Waals surface area contributed by atoms with Crippen LogP contribution < -0.4 is 4.80 Å².